The monoisotopic (exact) mass is 274 g/mol. The number of esters is 1. The molecule has 0 aliphatic heterocycles. The van der Waals surface area contributed by atoms with Crippen LogP contribution in [-0.2, 0) is 16.6 Å². The highest BCUT2D eigenvalue weighted by Gasteiger charge is 2.31. The standard InChI is InChI=1S/C15H18N2O3/c1-15(2,14(19)20-4)16-13(18)11-9-17(3)12-8-6-5-7-10(11)12/h5-9H,1-4H3,(H,16,18). The van der Waals surface area contributed by atoms with Crippen LogP contribution in [0.2, 0.25) is 0 Å². The van der Waals surface area contributed by atoms with Crippen LogP contribution in [0, 0.1) is 0 Å². The maximum absolute atomic E-state index is 12.4. The molecule has 1 amide bonds. The minimum absolute atomic E-state index is 0.294. The molecule has 2 aromatic rings. The number of fused-ring (bicyclic) bond motifs is 1. The minimum atomic E-state index is -1.07. The third kappa shape index (κ3) is 2.39. The van der Waals surface area contributed by atoms with Crippen LogP contribution in [0.3, 0.4) is 0 Å². The van der Waals surface area contributed by atoms with Gasteiger partial charge in [0.1, 0.15) is 5.54 Å². The Morgan fingerprint density at radius 3 is 2.55 bits per heavy atom. The second-order valence-electron chi connectivity index (χ2n) is 5.24. The van der Waals surface area contributed by atoms with Crippen molar-refractivity contribution in [2.75, 3.05) is 7.11 Å². The summed E-state index contributed by atoms with van der Waals surface area (Å²) in [6.07, 6.45) is 1.76. The number of amides is 1. The predicted molar refractivity (Wildman–Crippen MR) is 76.5 cm³/mol. The number of hydrogen-bond donors (Lipinski definition) is 1. The predicted octanol–water partition coefficient (Wildman–Crippen LogP) is 1.86. The Bertz CT molecular complexity index is 671. The van der Waals surface area contributed by atoms with Crippen LogP contribution in [0.1, 0.15) is 24.2 Å². The second kappa shape index (κ2) is 5.00. The zero-order chi connectivity index (χ0) is 14.9. The van der Waals surface area contributed by atoms with E-state index in [9.17, 15) is 9.59 Å². The first-order chi connectivity index (χ1) is 9.36. The quantitative estimate of drug-likeness (QED) is 0.869. The van der Waals surface area contributed by atoms with E-state index < -0.39 is 11.5 Å². The number of nitrogens with zero attached hydrogens (tertiary/aromatic N) is 1. The molecule has 20 heavy (non-hydrogen) atoms. The van der Waals surface area contributed by atoms with Crippen LogP contribution in [0.4, 0.5) is 0 Å². The van der Waals surface area contributed by atoms with Gasteiger partial charge in [-0.1, -0.05) is 18.2 Å². The molecule has 0 fully saturated rings. The highest BCUT2D eigenvalue weighted by molar-refractivity contribution is 6.08. The zero-order valence-electron chi connectivity index (χ0n) is 12.1. The molecule has 1 aromatic heterocycles. The van der Waals surface area contributed by atoms with E-state index in [1.54, 1.807) is 20.0 Å². The van der Waals surface area contributed by atoms with Gasteiger partial charge in [-0.05, 0) is 19.9 Å². The van der Waals surface area contributed by atoms with Gasteiger partial charge in [0.15, 0.2) is 0 Å². The van der Waals surface area contributed by atoms with Gasteiger partial charge in [0.25, 0.3) is 5.91 Å². The van der Waals surface area contributed by atoms with Crippen molar-refractivity contribution >= 4 is 22.8 Å². The maximum Gasteiger partial charge on any atom is 0.330 e. The molecule has 0 bridgehead atoms. The number of para-hydroxylation sites is 1. The third-order valence-electron chi connectivity index (χ3n) is 3.26. The van der Waals surface area contributed by atoms with Gasteiger partial charge in [0, 0.05) is 24.1 Å². The molecule has 0 radical (unpaired) electrons. The molecule has 0 spiro atoms. The van der Waals surface area contributed by atoms with Crippen LogP contribution in [-0.4, -0.2) is 29.1 Å². The van der Waals surface area contributed by atoms with Crippen LogP contribution >= 0.6 is 0 Å². The SMILES string of the molecule is COC(=O)C(C)(C)NC(=O)c1cn(C)c2ccccc12. The second-order valence-corrected chi connectivity index (χ2v) is 5.24. The van der Waals surface area contributed by atoms with Crippen LogP contribution in [0.5, 0.6) is 0 Å². The smallest absolute Gasteiger partial charge is 0.330 e. The highest BCUT2D eigenvalue weighted by atomic mass is 16.5. The Kier molecular flexibility index (Phi) is 3.53. The Labute approximate surface area is 117 Å². The number of carbonyl (C=O) groups excluding carboxylic acids is 2. The summed E-state index contributed by atoms with van der Waals surface area (Å²) in [5, 5.41) is 3.56. The molecule has 2 rings (SSSR count). The van der Waals surface area contributed by atoms with E-state index in [0.29, 0.717) is 5.56 Å². The molecule has 0 saturated heterocycles. The summed E-state index contributed by atoms with van der Waals surface area (Å²) in [6, 6.07) is 7.62. The molecule has 0 unspecified atom stereocenters. The summed E-state index contributed by atoms with van der Waals surface area (Å²) in [7, 11) is 3.18. The number of aryl methyl sites for hydroxylation is 1. The zero-order valence-corrected chi connectivity index (χ0v) is 12.1. The van der Waals surface area contributed by atoms with Crippen molar-refractivity contribution in [1.29, 1.82) is 0 Å². The lowest BCUT2D eigenvalue weighted by atomic mass is 10.0. The topological polar surface area (TPSA) is 60.3 Å². The van der Waals surface area contributed by atoms with Crippen LogP contribution < -0.4 is 5.32 Å². The largest absolute Gasteiger partial charge is 0.467 e. The lowest BCUT2D eigenvalue weighted by molar-refractivity contribution is -0.146. The highest BCUT2D eigenvalue weighted by Crippen LogP contribution is 2.21. The van der Waals surface area contributed by atoms with Crippen molar-refractivity contribution in [3.8, 4) is 0 Å². The number of methoxy groups -OCH3 is 1. The van der Waals surface area contributed by atoms with Crippen molar-refractivity contribution in [2.24, 2.45) is 7.05 Å². The molecule has 106 valence electrons. The van der Waals surface area contributed by atoms with E-state index in [1.807, 2.05) is 35.9 Å². The molecule has 0 atom stereocenters. The first kappa shape index (κ1) is 14.1. The molecular formula is C15H18N2O3. The fraction of sp³-hybridized carbons (Fsp3) is 0.333. The van der Waals surface area contributed by atoms with Crippen LogP contribution in [0.15, 0.2) is 30.5 Å². The number of nitrogens with one attached hydrogen (secondary N) is 1. The van der Waals surface area contributed by atoms with E-state index in [4.69, 9.17) is 0 Å². The number of hydrogen-bond acceptors (Lipinski definition) is 3. The number of ether oxygens (including phenoxy) is 1. The van der Waals surface area contributed by atoms with E-state index in [2.05, 4.69) is 10.1 Å². The van der Waals surface area contributed by atoms with Crippen molar-refractivity contribution in [1.82, 2.24) is 9.88 Å². The number of carbonyl (C=O) groups is 2. The summed E-state index contributed by atoms with van der Waals surface area (Å²) in [6.45, 7) is 3.23. The number of benzene rings is 1. The summed E-state index contributed by atoms with van der Waals surface area (Å²) in [5.74, 6) is -0.775. The summed E-state index contributed by atoms with van der Waals surface area (Å²) in [4.78, 5) is 24.0. The van der Waals surface area contributed by atoms with E-state index in [-0.39, 0.29) is 5.91 Å². The molecule has 1 heterocycles. The Morgan fingerprint density at radius 1 is 1.25 bits per heavy atom. The minimum Gasteiger partial charge on any atom is -0.467 e. The Balaban J connectivity index is 2.35. The molecule has 0 saturated carbocycles. The fourth-order valence-corrected chi connectivity index (χ4v) is 2.18. The molecule has 0 aliphatic carbocycles. The van der Waals surface area contributed by atoms with E-state index in [1.165, 1.54) is 7.11 Å². The van der Waals surface area contributed by atoms with Gasteiger partial charge in [-0.2, -0.15) is 0 Å². The molecule has 5 heteroatoms. The summed E-state index contributed by atoms with van der Waals surface area (Å²) in [5.41, 5.74) is 0.441. The molecule has 5 nitrogen and oxygen atoms in total. The van der Waals surface area contributed by atoms with Crippen molar-refractivity contribution < 1.29 is 14.3 Å². The molecule has 0 aliphatic rings. The average molecular weight is 274 g/mol. The Hall–Kier alpha value is -2.30. The lowest BCUT2D eigenvalue weighted by Gasteiger charge is -2.22. The van der Waals surface area contributed by atoms with Gasteiger partial charge in [0.2, 0.25) is 0 Å². The maximum atomic E-state index is 12.4. The van der Waals surface area contributed by atoms with Gasteiger partial charge < -0.3 is 14.6 Å². The van der Waals surface area contributed by atoms with Crippen molar-refractivity contribution in [3.63, 3.8) is 0 Å². The van der Waals surface area contributed by atoms with Gasteiger partial charge in [-0.25, -0.2) is 4.79 Å². The first-order valence-corrected chi connectivity index (χ1v) is 6.32. The lowest BCUT2D eigenvalue weighted by Crippen LogP contribution is -2.50. The van der Waals surface area contributed by atoms with Gasteiger partial charge in [-0.3, -0.25) is 4.79 Å². The summed E-state index contributed by atoms with van der Waals surface area (Å²) < 4.78 is 6.57. The van der Waals surface area contributed by atoms with E-state index in [0.717, 1.165) is 10.9 Å². The molecule has 1 aromatic carbocycles. The first-order valence-electron chi connectivity index (χ1n) is 6.32. The molecule has 1 N–H and O–H groups in total. The van der Waals surface area contributed by atoms with E-state index >= 15 is 0 Å². The number of rotatable bonds is 3. The number of aromatic nitrogens is 1. The van der Waals surface area contributed by atoms with Crippen LogP contribution in [0.25, 0.3) is 10.9 Å². The fourth-order valence-electron chi connectivity index (χ4n) is 2.18. The average Bonchev–Trinajstić information content (AvgIpc) is 2.75. The van der Waals surface area contributed by atoms with Crippen molar-refractivity contribution in [2.45, 2.75) is 19.4 Å². The molecular weight excluding hydrogens is 256 g/mol. The summed E-state index contributed by atoms with van der Waals surface area (Å²) >= 11 is 0. The normalized spacial score (nSPS) is 11.4. The van der Waals surface area contributed by atoms with Crippen molar-refractivity contribution in [3.05, 3.63) is 36.0 Å². The Morgan fingerprint density at radius 2 is 1.90 bits per heavy atom. The van der Waals surface area contributed by atoms with Gasteiger partial charge in [-0.15, -0.1) is 0 Å². The van der Waals surface area contributed by atoms with Gasteiger partial charge >= 0.3 is 5.97 Å². The van der Waals surface area contributed by atoms with Gasteiger partial charge in [0.05, 0.1) is 12.7 Å². The third-order valence-corrected chi connectivity index (χ3v) is 3.26.